The average molecular weight is 417 g/mol. The summed E-state index contributed by atoms with van der Waals surface area (Å²) in [6, 6.07) is 10.7. The number of piperidine rings is 1. The van der Waals surface area contributed by atoms with Crippen LogP contribution in [0.1, 0.15) is 69.8 Å². The normalized spacial score (nSPS) is 36.3. The molecule has 2 aliphatic carbocycles. The molecular formula is C25H37FN2O2. The Morgan fingerprint density at radius 1 is 1.23 bits per heavy atom. The van der Waals surface area contributed by atoms with Crippen LogP contribution in [-0.2, 0) is 10.2 Å². The lowest BCUT2D eigenvalue weighted by molar-refractivity contribution is -0.123. The molecule has 3 fully saturated rings. The SMILES string of the molecule is O=C(CCC1C[C@@]2(CCF)CCC[C@@](c3ccccc3)(C1)C2)N[C@@H]1CCNC[C@H]1O. The maximum Gasteiger partial charge on any atom is 0.220 e. The van der Waals surface area contributed by atoms with Gasteiger partial charge in [-0.3, -0.25) is 9.18 Å². The number of aliphatic hydroxyl groups excluding tert-OH is 1. The second-order valence-corrected chi connectivity index (χ2v) is 10.2. The third kappa shape index (κ3) is 4.72. The predicted octanol–water partition coefficient (Wildman–Crippen LogP) is 3.87. The molecule has 4 nitrogen and oxygen atoms in total. The smallest absolute Gasteiger partial charge is 0.220 e. The second kappa shape index (κ2) is 9.35. The Morgan fingerprint density at radius 2 is 2.07 bits per heavy atom. The van der Waals surface area contributed by atoms with E-state index in [0.717, 1.165) is 45.1 Å². The number of halogens is 1. The van der Waals surface area contributed by atoms with Crippen LogP contribution in [0, 0.1) is 11.3 Å². The van der Waals surface area contributed by atoms with Crippen molar-refractivity contribution in [3.8, 4) is 0 Å². The molecular weight excluding hydrogens is 379 g/mol. The van der Waals surface area contributed by atoms with Crippen LogP contribution in [0.4, 0.5) is 4.39 Å². The molecule has 30 heavy (non-hydrogen) atoms. The van der Waals surface area contributed by atoms with Gasteiger partial charge < -0.3 is 15.7 Å². The molecule has 1 amide bonds. The van der Waals surface area contributed by atoms with Gasteiger partial charge in [0.2, 0.25) is 5.91 Å². The van der Waals surface area contributed by atoms with Crippen LogP contribution < -0.4 is 10.6 Å². The Balaban J connectivity index is 1.43. The van der Waals surface area contributed by atoms with Crippen molar-refractivity contribution in [2.24, 2.45) is 11.3 Å². The molecule has 0 aromatic heterocycles. The molecule has 4 rings (SSSR count). The molecule has 5 heteroatoms. The van der Waals surface area contributed by atoms with Gasteiger partial charge in [-0.15, -0.1) is 0 Å². The standard InChI is InChI=1S/C25H37FN2O2/c26-13-12-24-10-4-11-25(18-24,20-5-2-1-3-6-20)16-19(15-24)7-8-23(30)28-21-9-14-27-17-22(21)29/h1-3,5-6,19,21-22,27,29H,4,7-18H2,(H,28,30)/t19?,21-,22-,24+,25-/m1/s1. The maximum atomic E-state index is 13.5. The average Bonchev–Trinajstić information content (AvgIpc) is 2.74. The van der Waals surface area contributed by atoms with Gasteiger partial charge in [0.15, 0.2) is 0 Å². The first-order valence-corrected chi connectivity index (χ1v) is 11.8. The zero-order valence-electron chi connectivity index (χ0n) is 18.0. The minimum absolute atomic E-state index is 0.0463. The number of nitrogens with one attached hydrogen (secondary N) is 2. The summed E-state index contributed by atoms with van der Waals surface area (Å²) in [5, 5.41) is 16.3. The Bertz CT molecular complexity index is 710. The van der Waals surface area contributed by atoms with Crippen molar-refractivity contribution in [3.63, 3.8) is 0 Å². The van der Waals surface area contributed by atoms with E-state index in [-0.39, 0.29) is 29.5 Å². The van der Waals surface area contributed by atoms with Crippen molar-refractivity contribution >= 4 is 5.91 Å². The molecule has 1 unspecified atom stereocenters. The molecule has 166 valence electrons. The van der Waals surface area contributed by atoms with E-state index >= 15 is 0 Å². The molecule has 1 aliphatic heterocycles. The highest BCUT2D eigenvalue weighted by molar-refractivity contribution is 5.76. The van der Waals surface area contributed by atoms with E-state index in [9.17, 15) is 14.3 Å². The van der Waals surface area contributed by atoms with Crippen molar-refractivity contribution in [3.05, 3.63) is 35.9 Å². The molecule has 1 aromatic carbocycles. The Kier molecular flexibility index (Phi) is 6.78. The van der Waals surface area contributed by atoms with Crippen LogP contribution in [-0.4, -0.2) is 42.9 Å². The second-order valence-electron chi connectivity index (χ2n) is 10.2. The number of carbonyl (C=O) groups excluding carboxylic acids is 1. The van der Waals surface area contributed by atoms with Crippen LogP contribution in [0.5, 0.6) is 0 Å². The molecule has 1 aromatic rings. The van der Waals surface area contributed by atoms with Crippen LogP contribution >= 0.6 is 0 Å². The zero-order chi connectivity index (χ0) is 21.0. The van der Waals surface area contributed by atoms with E-state index in [0.29, 0.717) is 25.3 Å². The first-order chi connectivity index (χ1) is 14.5. The van der Waals surface area contributed by atoms with Crippen molar-refractivity contribution in [1.82, 2.24) is 10.6 Å². The monoisotopic (exact) mass is 416 g/mol. The Hall–Kier alpha value is -1.46. The maximum absolute atomic E-state index is 13.5. The van der Waals surface area contributed by atoms with Crippen molar-refractivity contribution in [1.29, 1.82) is 0 Å². The lowest BCUT2D eigenvalue weighted by Gasteiger charge is -2.55. The van der Waals surface area contributed by atoms with Crippen molar-refractivity contribution in [2.45, 2.75) is 81.8 Å². The highest BCUT2D eigenvalue weighted by Gasteiger charge is 2.51. The summed E-state index contributed by atoms with van der Waals surface area (Å²) in [5.74, 6) is 0.500. The lowest BCUT2D eigenvalue weighted by atomic mass is 9.49. The lowest BCUT2D eigenvalue weighted by Crippen LogP contribution is -2.52. The summed E-state index contributed by atoms with van der Waals surface area (Å²) < 4.78 is 13.5. The summed E-state index contributed by atoms with van der Waals surface area (Å²) in [5.41, 5.74) is 1.63. The summed E-state index contributed by atoms with van der Waals surface area (Å²) in [6.45, 7) is 1.13. The molecule has 3 aliphatic rings. The van der Waals surface area contributed by atoms with E-state index in [2.05, 4.69) is 41.0 Å². The van der Waals surface area contributed by atoms with E-state index in [4.69, 9.17) is 0 Å². The topological polar surface area (TPSA) is 61.4 Å². The van der Waals surface area contributed by atoms with Gasteiger partial charge in [-0.05, 0) is 80.2 Å². The Labute approximate surface area is 180 Å². The molecule has 2 saturated carbocycles. The molecule has 3 N–H and O–H groups in total. The number of benzene rings is 1. The van der Waals surface area contributed by atoms with Crippen LogP contribution in [0.25, 0.3) is 0 Å². The summed E-state index contributed by atoms with van der Waals surface area (Å²) in [4.78, 5) is 12.6. The minimum Gasteiger partial charge on any atom is -0.390 e. The molecule has 0 radical (unpaired) electrons. The van der Waals surface area contributed by atoms with Gasteiger partial charge in [-0.25, -0.2) is 0 Å². The van der Waals surface area contributed by atoms with Gasteiger partial charge in [-0.1, -0.05) is 36.8 Å². The zero-order valence-corrected chi connectivity index (χ0v) is 18.0. The molecule has 1 heterocycles. The summed E-state index contributed by atoms with van der Waals surface area (Å²) in [7, 11) is 0. The van der Waals surface area contributed by atoms with Gasteiger partial charge >= 0.3 is 0 Å². The highest BCUT2D eigenvalue weighted by Crippen LogP contribution is 2.60. The van der Waals surface area contributed by atoms with E-state index in [1.807, 2.05) is 0 Å². The third-order valence-electron chi connectivity index (χ3n) is 8.06. The van der Waals surface area contributed by atoms with Crippen molar-refractivity contribution < 1.29 is 14.3 Å². The number of amides is 1. The summed E-state index contributed by atoms with van der Waals surface area (Å²) >= 11 is 0. The van der Waals surface area contributed by atoms with Crippen LogP contribution in [0.15, 0.2) is 30.3 Å². The van der Waals surface area contributed by atoms with Gasteiger partial charge in [0.05, 0.1) is 18.8 Å². The molecule has 1 saturated heterocycles. The number of hydrogen-bond donors (Lipinski definition) is 3. The fourth-order valence-corrected chi connectivity index (χ4v) is 6.78. The van der Waals surface area contributed by atoms with Crippen LogP contribution in [0.3, 0.4) is 0 Å². The first-order valence-electron chi connectivity index (χ1n) is 11.8. The highest BCUT2D eigenvalue weighted by atomic mass is 19.1. The quantitative estimate of drug-likeness (QED) is 0.632. The van der Waals surface area contributed by atoms with E-state index < -0.39 is 6.10 Å². The number of β-amino-alcohol motifs (C(OH)–C–C–N with tert-alkyl or cyclic N) is 1. The number of alkyl halides is 1. The number of rotatable bonds is 7. The van der Waals surface area contributed by atoms with Gasteiger partial charge in [0, 0.05) is 13.0 Å². The molecule has 5 atom stereocenters. The van der Waals surface area contributed by atoms with Gasteiger partial charge in [0.1, 0.15) is 0 Å². The molecule has 2 bridgehead atoms. The fraction of sp³-hybridized carbons (Fsp3) is 0.720. The number of aliphatic hydroxyl groups is 1. The summed E-state index contributed by atoms with van der Waals surface area (Å²) in [6.07, 6.45) is 9.00. The third-order valence-corrected chi connectivity index (χ3v) is 8.06. The van der Waals surface area contributed by atoms with Gasteiger partial charge in [-0.2, -0.15) is 0 Å². The van der Waals surface area contributed by atoms with Crippen molar-refractivity contribution in [2.75, 3.05) is 19.8 Å². The first kappa shape index (κ1) is 21.8. The Morgan fingerprint density at radius 3 is 2.83 bits per heavy atom. The number of carbonyl (C=O) groups is 1. The molecule has 0 spiro atoms. The van der Waals surface area contributed by atoms with E-state index in [1.165, 1.54) is 18.4 Å². The van der Waals surface area contributed by atoms with Crippen LogP contribution in [0.2, 0.25) is 0 Å². The number of hydrogen-bond acceptors (Lipinski definition) is 3. The largest absolute Gasteiger partial charge is 0.390 e. The predicted molar refractivity (Wildman–Crippen MR) is 117 cm³/mol. The fourth-order valence-electron chi connectivity index (χ4n) is 6.78. The van der Waals surface area contributed by atoms with E-state index in [1.54, 1.807) is 0 Å². The van der Waals surface area contributed by atoms with Gasteiger partial charge in [0.25, 0.3) is 0 Å². The number of fused-ring (bicyclic) bond motifs is 2. The minimum atomic E-state index is -0.508.